The largest absolute Gasteiger partial charge is 0.298 e. The lowest BCUT2D eigenvalue weighted by molar-refractivity contribution is 0.216. The molecule has 1 N–H and O–H groups in total. The molecule has 3 rings (SSSR count). The van der Waals surface area contributed by atoms with E-state index in [1.807, 2.05) is 0 Å². The summed E-state index contributed by atoms with van der Waals surface area (Å²) in [5, 5.41) is 0. The van der Waals surface area contributed by atoms with Gasteiger partial charge in [-0.2, -0.15) is 12.7 Å². The molecule has 0 bridgehead atoms. The quantitative estimate of drug-likeness (QED) is 0.902. The Labute approximate surface area is 127 Å². The highest BCUT2D eigenvalue weighted by atomic mass is 32.2. The van der Waals surface area contributed by atoms with Crippen molar-refractivity contribution in [2.24, 2.45) is 0 Å². The Morgan fingerprint density at radius 3 is 2.57 bits per heavy atom. The van der Waals surface area contributed by atoms with Gasteiger partial charge in [-0.15, -0.1) is 0 Å². The summed E-state index contributed by atoms with van der Waals surface area (Å²) in [6, 6.07) is 8.62. The lowest BCUT2D eigenvalue weighted by Crippen LogP contribution is -2.48. The minimum atomic E-state index is -3.30. The smallest absolute Gasteiger partial charge is 0.279 e. The standard InChI is InChI=1S/C15H23N3O2S/c1-17-12-14-7-3-2-6-13(14)10-15(17)11-16-21(19,20)18-8-4-5-9-18/h2-3,6-7,15-16H,4-5,8-12H2,1H3. The zero-order valence-corrected chi connectivity index (χ0v) is 13.3. The molecule has 0 aliphatic carbocycles. The van der Waals surface area contributed by atoms with Crippen molar-refractivity contribution >= 4 is 10.2 Å². The van der Waals surface area contributed by atoms with Crippen molar-refractivity contribution in [3.8, 4) is 0 Å². The van der Waals surface area contributed by atoms with Gasteiger partial charge in [-0.25, -0.2) is 4.72 Å². The van der Waals surface area contributed by atoms with E-state index < -0.39 is 10.2 Å². The summed E-state index contributed by atoms with van der Waals surface area (Å²) in [5.74, 6) is 0. The first kappa shape index (κ1) is 15.0. The average Bonchev–Trinajstić information content (AvgIpc) is 3.00. The molecule has 1 fully saturated rings. The van der Waals surface area contributed by atoms with E-state index in [1.54, 1.807) is 4.31 Å². The summed E-state index contributed by atoms with van der Waals surface area (Å²) in [6.45, 7) is 2.66. The van der Waals surface area contributed by atoms with Crippen molar-refractivity contribution in [1.29, 1.82) is 0 Å². The fourth-order valence-corrected chi connectivity index (χ4v) is 4.49. The Morgan fingerprint density at radius 2 is 1.86 bits per heavy atom. The molecular weight excluding hydrogens is 286 g/mol. The zero-order valence-electron chi connectivity index (χ0n) is 12.5. The van der Waals surface area contributed by atoms with Gasteiger partial charge in [0.1, 0.15) is 0 Å². The number of hydrogen-bond donors (Lipinski definition) is 1. The molecule has 1 saturated heterocycles. The van der Waals surface area contributed by atoms with Gasteiger partial charge in [0.25, 0.3) is 10.2 Å². The van der Waals surface area contributed by atoms with Gasteiger partial charge in [-0.05, 0) is 37.4 Å². The van der Waals surface area contributed by atoms with Crippen LogP contribution in [0, 0.1) is 0 Å². The molecule has 116 valence electrons. The van der Waals surface area contributed by atoms with Gasteiger partial charge in [-0.1, -0.05) is 24.3 Å². The van der Waals surface area contributed by atoms with Crippen LogP contribution in [0.2, 0.25) is 0 Å². The monoisotopic (exact) mass is 309 g/mol. The van der Waals surface area contributed by atoms with Crippen molar-refractivity contribution in [2.75, 3.05) is 26.7 Å². The van der Waals surface area contributed by atoms with E-state index in [-0.39, 0.29) is 6.04 Å². The minimum absolute atomic E-state index is 0.220. The van der Waals surface area contributed by atoms with Crippen LogP contribution in [-0.2, 0) is 23.2 Å². The number of nitrogens with zero attached hydrogens (tertiary/aromatic N) is 2. The molecule has 0 radical (unpaired) electrons. The molecule has 21 heavy (non-hydrogen) atoms. The van der Waals surface area contributed by atoms with Crippen LogP contribution in [0.3, 0.4) is 0 Å². The van der Waals surface area contributed by atoms with E-state index in [2.05, 4.69) is 40.9 Å². The second kappa shape index (κ2) is 6.04. The Balaban J connectivity index is 1.63. The Morgan fingerprint density at radius 1 is 1.19 bits per heavy atom. The Bertz CT molecular complexity index is 597. The molecule has 1 unspecified atom stereocenters. The maximum absolute atomic E-state index is 12.2. The summed E-state index contributed by atoms with van der Waals surface area (Å²) >= 11 is 0. The van der Waals surface area contributed by atoms with E-state index in [9.17, 15) is 8.42 Å². The van der Waals surface area contributed by atoms with E-state index in [4.69, 9.17) is 0 Å². The van der Waals surface area contributed by atoms with Crippen LogP contribution in [0.15, 0.2) is 24.3 Å². The summed E-state index contributed by atoms with van der Waals surface area (Å²) < 4.78 is 28.8. The normalized spacial score (nSPS) is 24.1. The zero-order chi connectivity index (χ0) is 14.9. The minimum Gasteiger partial charge on any atom is -0.298 e. The number of nitrogens with one attached hydrogen (secondary N) is 1. The van der Waals surface area contributed by atoms with Crippen LogP contribution in [0.4, 0.5) is 0 Å². The highest BCUT2D eigenvalue weighted by Gasteiger charge is 2.28. The van der Waals surface area contributed by atoms with Crippen LogP contribution in [0.25, 0.3) is 0 Å². The summed E-state index contributed by atoms with van der Waals surface area (Å²) in [6.07, 6.45) is 2.84. The fraction of sp³-hybridized carbons (Fsp3) is 0.600. The number of hydrogen-bond acceptors (Lipinski definition) is 3. The van der Waals surface area contributed by atoms with Gasteiger partial charge < -0.3 is 0 Å². The van der Waals surface area contributed by atoms with Crippen molar-refractivity contribution in [2.45, 2.75) is 31.8 Å². The molecule has 2 heterocycles. The van der Waals surface area contributed by atoms with Gasteiger partial charge in [0.15, 0.2) is 0 Å². The number of rotatable bonds is 4. The first-order valence-corrected chi connectivity index (χ1v) is 9.02. The van der Waals surface area contributed by atoms with Crippen molar-refractivity contribution in [3.63, 3.8) is 0 Å². The molecule has 0 saturated carbocycles. The SMILES string of the molecule is CN1Cc2ccccc2CC1CNS(=O)(=O)N1CCCC1. The lowest BCUT2D eigenvalue weighted by Gasteiger charge is -2.34. The third-order valence-electron chi connectivity index (χ3n) is 4.52. The average molecular weight is 309 g/mol. The van der Waals surface area contributed by atoms with E-state index in [1.165, 1.54) is 11.1 Å². The summed E-state index contributed by atoms with van der Waals surface area (Å²) in [7, 11) is -1.24. The Kier molecular flexibility index (Phi) is 4.31. The van der Waals surface area contributed by atoms with Gasteiger partial charge in [0, 0.05) is 32.2 Å². The highest BCUT2D eigenvalue weighted by Crippen LogP contribution is 2.21. The predicted octanol–water partition coefficient (Wildman–Crippen LogP) is 0.973. The first-order valence-electron chi connectivity index (χ1n) is 7.58. The topological polar surface area (TPSA) is 52.7 Å². The molecule has 1 aromatic rings. The van der Waals surface area contributed by atoms with Crippen LogP contribution >= 0.6 is 0 Å². The number of likely N-dealkylation sites (N-methyl/N-ethyl adjacent to an activating group) is 1. The maximum Gasteiger partial charge on any atom is 0.279 e. The van der Waals surface area contributed by atoms with Crippen molar-refractivity contribution in [1.82, 2.24) is 13.9 Å². The second-order valence-electron chi connectivity index (χ2n) is 6.00. The molecule has 5 nitrogen and oxygen atoms in total. The molecule has 1 aromatic carbocycles. The van der Waals surface area contributed by atoms with Crippen LogP contribution in [0.1, 0.15) is 24.0 Å². The molecule has 0 spiro atoms. The molecule has 6 heteroatoms. The molecule has 2 aliphatic heterocycles. The Hall–Kier alpha value is -0.950. The van der Waals surface area contributed by atoms with Gasteiger partial charge in [-0.3, -0.25) is 4.90 Å². The summed E-state index contributed by atoms with van der Waals surface area (Å²) in [4.78, 5) is 2.23. The van der Waals surface area contributed by atoms with Crippen molar-refractivity contribution < 1.29 is 8.42 Å². The lowest BCUT2D eigenvalue weighted by atomic mass is 9.95. The third kappa shape index (κ3) is 3.29. The molecule has 0 amide bonds. The molecule has 2 aliphatic rings. The van der Waals surface area contributed by atoms with Gasteiger partial charge >= 0.3 is 0 Å². The van der Waals surface area contributed by atoms with Crippen LogP contribution in [0.5, 0.6) is 0 Å². The van der Waals surface area contributed by atoms with E-state index in [0.29, 0.717) is 19.6 Å². The maximum atomic E-state index is 12.2. The van der Waals surface area contributed by atoms with Crippen LogP contribution in [-0.4, -0.2) is 50.3 Å². The van der Waals surface area contributed by atoms with E-state index >= 15 is 0 Å². The molecule has 1 atom stereocenters. The van der Waals surface area contributed by atoms with Crippen molar-refractivity contribution in [3.05, 3.63) is 35.4 Å². The first-order chi connectivity index (χ1) is 10.1. The predicted molar refractivity (Wildman–Crippen MR) is 83.1 cm³/mol. The van der Waals surface area contributed by atoms with Gasteiger partial charge in [0.2, 0.25) is 0 Å². The fourth-order valence-electron chi connectivity index (χ4n) is 3.17. The number of fused-ring (bicyclic) bond motifs is 1. The third-order valence-corrected chi connectivity index (χ3v) is 6.10. The van der Waals surface area contributed by atoms with Crippen LogP contribution < -0.4 is 4.72 Å². The highest BCUT2D eigenvalue weighted by molar-refractivity contribution is 7.87. The van der Waals surface area contributed by atoms with E-state index in [0.717, 1.165) is 25.8 Å². The second-order valence-corrected chi connectivity index (χ2v) is 7.76. The molecule has 0 aromatic heterocycles. The summed E-state index contributed by atoms with van der Waals surface area (Å²) in [5.41, 5.74) is 2.68. The molecular formula is C15H23N3O2S. The number of benzene rings is 1. The van der Waals surface area contributed by atoms with Gasteiger partial charge in [0.05, 0.1) is 0 Å².